The van der Waals surface area contributed by atoms with E-state index in [2.05, 4.69) is 11.2 Å². The quantitative estimate of drug-likeness (QED) is 0.0691. The number of carbonyl (C=O) groups excluding carboxylic acids is 2. The molecule has 0 unspecified atom stereocenters. The SMILES string of the molecule is C#CCONC(=O)O[C@H]1[C@@H](O)[C@H](Oc2ccc3c(O)c(NC(=O)c4ccc(O)c(CC=C(C)C)c4)c(=O)oc3c2C)OC(C)(C)[C@@H]1OC. The minimum Gasteiger partial charge on any atom is -0.508 e. The predicted octanol–water partition coefficient (Wildman–Crippen LogP) is 3.82. The molecule has 1 aliphatic rings. The molecule has 0 aliphatic carbocycles. The minimum atomic E-state index is -1.57. The molecule has 2 amide bonds. The topological polar surface area (TPSA) is 195 Å². The molecule has 2 heterocycles. The zero-order valence-electron chi connectivity index (χ0n) is 27.3. The number of hydroxylamine groups is 1. The zero-order chi connectivity index (χ0) is 35.3. The molecule has 1 aromatic heterocycles. The smallest absolute Gasteiger partial charge is 0.431 e. The van der Waals surface area contributed by atoms with E-state index < -0.39 is 59.3 Å². The molecule has 0 saturated carbocycles. The highest BCUT2D eigenvalue weighted by Gasteiger charge is 2.53. The van der Waals surface area contributed by atoms with Crippen LogP contribution < -0.4 is 21.2 Å². The average Bonchev–Trinajstić information content (AvgIpc) is 3.02. The lowest BCUT2D eigenvalue weighted by atomic mass is 9.89. The van der Waals surface area contributed by atoms with Gasteiger partial charge in [-0.25, -0.2) is 9.59 Å². The van der Waals surface area contributed by atoms with Gasteiger partial charge in [-0.2, -0.15) is 5.48 Å². The first-order valence-corrected chi connectivity index (χ1v) is 14.8. The lowest BCUT2D eigenvalue weighted by molar-refractivity contribution is -0.305. The molecule has 4 atom stereocenters. The Morgan fingerprint density at radius 3 is 2.56 bits per heavy atom. The molecule has 2 aromatic carbocycles. The average molecular weight is 667 g/mol. The number of aryl methyl sites for hydroxylation is 1. The summed E-state index contributed by atoms with van der Waals surface area (Å²) < 4.78 is 28.4. The number of rotatable bonds is 10. The Morgan fingerprint density at radius 1 is 1.17 bits per heavy atom. The summed E-state index contributed by atoms with van der Waals surface area (Å²) in [6.07, 6.45) is 1.15. The van der Waals surface area contributed by atoms with Crippen LogP contribution in [0.3, 0.4) is 0 Å². The maximum atomic E-state index is 13.1. The Bertz CT molecular complexity index is 1820. The second kappa shape index (κ2) is 14.8. The molecule has 256 valence electrons. The number of methoxy groups -OCH3 is 1. The summed E-state index contributed by atoms with van der Waals surface area (Å²) in [6.45, 7) is 8.44. The Morgan fingerprint density at radius 2 is 1.90 bits per heavy atom. The molecule has 0 radical (unpaired) electrons. The summed E-state index contributed by atoms with van der Waals surface area (Å²) in [5.41, 5.74) is 1.22. The van der Waals surface area contributed by atoms with Gasteiger partial charge < -0.3 is 44.0 Å². The molecule has 1 saturated heterocycles. The van der Waals surface area contributed by atoms with Crippen LogP contribution in [0.2, 0.25) is 0 Å². The lowest BCUT2D eigenvalue weighted by Gasteiger charge is -2.47. The summed E-state index contributed by atoms with van der Waals surface area (Å²) >= 11 is 0. The van der Waals surface area contributed by atoms with Crippen molar-refractivity contribution in [1.82, 2.24) is 5.48 Å². The zero-order valence-corrected chi connectivity index (χ0v) is 27.3. The number of fused-ring (bicyclic) bond motifs is 1. The van der Waals surface area contributed by atoms with E-state index in [1.807, 2.05) is 25.4 Å². The monoisotopic (exact) mass is 666 g/mol. The van der Waals surface area contributed by atoms with Gasteiger partial charge in [0.2, 0.25) is 6.29 Å². The predicted molar refractivity (Wildman–Crippen MR) is 173 cm³/mol. The summed E-state index contributed by atoms with van der Waals surface area (Å²) in [7, 11) is 1.36. The van der Waals surface area contributed by atoms with Crippen molar-refractivity contribution in [3.05, 3.63) is 69.1 Å². The second-order valence-corrected chi connectivity index (χ2v) is 11.8. The van der Waals surface area contributed by atoms with Crippen LogP contribution in [0.15, 0.2) is 51.2 Å². The standard InChI is InChI=1S/C34H38N2O12/c1-8-15-44-36-33(42)47-28-26(39)32(48-34(5,6)29(28)43-7)45-23-14-12-21-25(38)24(31(41)46-27(21)18(23)4)35-30(40)20-11-13-22(37)19(16-20)10-9-17(2)3/h1,9,11-14,16,26,28-29,32,37-39H,10,15H2,2-7H3,(H,35,40)(H,36,42)/t26-,28+,29-,32-/m1/s1. The number of anilines is 1. The third-order valence-corrected chi connectivity index (χ3v) is 7.63. The highest BCUT2D eigenvalue weighted by atomic mass is 16.7. The molecule has 14 heteroatoms. The largest absolute Gasteiger partial charge is 0.508 e. The fourth-order valence-corrected chi connectivity index (χ4v) is 5.21. The number of allylic oxidation sites excluding steroid dienone is 2. The Balaban J connectivity index is 1.59. The van der Waals surface area contributed by atoms with E-state index in [4.69, 9.17) is 34.6 Å². The van der Waals surface area contributed by atoms with Gasteiger partial charge in [0.1, 0.15) is 29.8 Å². The maximum Gasteiger partial charge on any atom is 0.431 e. The number of aromatic hydroxyl groups is 2. The Kier molecular flexibility index (Phi) is 11.0. The van der Waals surface area contributed by atoms with Gasteiger partial charge in [-0.1, -0.05) is 17.6 Å². The van der Waals surface area contributed by atoms with Crippen molar-refractivity contribution in [3.8, 4) is 29.6 Å². The van der Waals surface area contributed by atoms with E-state index in [0.717, 1.165) is 5.57 Å². The first-order valence-electron chi connectivity index (χ1n) is 14.8. The van der Waals surface area contributed by atoms with E-state index in [-0.39, 0.29) is 40.2 Å². The normalized spacial score (nSPS) is 20.0. The van der Waals surface area contributed by atoms with Gasteiger partial charge >= 0.3 is 11.7 Å². The van der Waals surface area contributed by atoms with Crippen LogP contribution in [0.1, 0.15) is 49.2 Å². The summed E-state index contributed by atoms with van der Waals surface area (Å²) in [5.74, 6) is 1.04. The minimum absolute atomic E-state index is 0.0121. The lowest BCUT2D eigenvalue weighted by Crippen LogP contribution is -2.65. The van der Waals surface area contributed by atoms with Crippen LogP contribution in [0.5, 0.6) is 17.2 Å². The summed E-state index contributed by atoms with van der Waals surface area (Å²) in [4.78, 5) is 43.2. The van der Waals surface area contributed by atoms with Crippen molar-refractivity contribution in [3.63, 3.8) is 0 Å². The fraction of sp³-hybridized carbons (Fsp3) is 0.382. The van der Waals surface area contributed by atoms with Crippen LogP contribution in [0.25, 0.3) is 11.0 Å². The van der Waals surface area contributed by atoms with Crippen LogP contribution in [-0.4, -0.2) is 71.2 Å². The second-order valence-electron chi connectivity index (χ2n) is 11.8. The van der Waals surface area contributed by atoms with Crippen molar-refractivity contribution in [2.75, 3.05) is 19.0 Å². The highest BCUT2D eigenvalue weighted by molar-refractivity contribution is 6.06. The summed E-state index contributed by atoms with van der Waals surface area (Å²) in [6, 6.07) is 7.09. The molecule has 0 spiro atoms. The number of aliphatic hydroxyl groups is 1. The fourth-order valence-electron chi connectivity index (χ4n) is 5.21. The van der Waals surface area contributed by atoms with Crippen LogP contribution in [0.4, 0.5) is 10.5 Å². The van der Waals surface area contributed by atoms with Crippen molar-refractivity contribution in [1.29, 1.82) is 0 Å². The third kappa shape index (κ3) is 7.72. The number of hydrogen-bond donors (Lipinski definition) is 5. The van der Waals surface area contributed by atoms with Gasteiger partial charge in [-0.15, -0.1) is 6.42 Å². The number of carbonyl (C=O) groups is 2. The van der Waals surface area contributed by atoms with E-state index >= 15 is 0 Å². The maximum absolute atomic E-state index is 13.1. The molecule has 0 bridgehead atoms. The number of phenols is 1. The van der Waals surface area contributed by atoms with Crippen molar-refractivity contribution in [2.45, 2.75) is 71.2 Å². The van der Waals surface area contributed by atoms with E-state index in [1.54, 1.807) is 20.8 Å². The number of terminal acetylenes is 1. The molecule has 4 rings (SSSR count). The van der Waals surface area contributed by atoms with E-state index in [1.165, 1.54) is 37.4 Å². The van der Waals surface area contributed by atoms with Gasteiger partial charge in [0, 0.05) is 18.2 Å². The molecular formula is C34H38N2O12. The number of aliphatic hydroxyl groups excluding tert-OH is 1. The van der Waals surface area contributed by atoms with Gasteiger partial charge in [-0.05, 0) is 76.9 Å². The number of hydrogen-bond acceptors (Lipinski definition) is 12. The molecule has 14 nitrogen and oxygen atoms in total. The number of benzene rings is 2. The number of nitrogens with one attached hydrogen (secondary N) is 2. The van der Waals surface area contributed by atoms with Crippen LogP contribution in [-0.2, 0) is 25.5 Å². The third-order valence-electron chi connectivity index (χ3n) is 7.63. The van der Waals surface area contributed by atoms with Crippen molar-refractivity contribution >= 4 is 28.7 Å². The molecule has 48 heavy (non-hydrogen) atoms. The number of phenolic OH excluding ortho intramolecular Hbond substituents is 1. The number of ether oxygens (including phenoxy) is 4. The Hall–Kier alpha value is -5.07. The van der Waals surface area contributed by atoms with Crippen LogP contribution in [0, 0.1) is 19.3 Å². The van der Waals surface area contributed by atoms with Crippen LogP contribution >= 0.6 is 0 Å². The molecule has 3 aromatic rings. The summed E-state index contributed by atoms with van der Waals surface area (Å²) in [5, 5.41) is 34.9. The van der Waals surface area contributed by atoms with Gasteiger partial charge in [0.15, 0.2) is 23.6 Å². The van der Waals surface area contributed by atoms with Gasteiger partial charge in [-0.3, -0.25) is 9.63 Å². The van der Waals surface area contributed by atoms with E-state index in [0.29, 0.717) is 12.0 Å². The molecule has 1 fully saturated rings. The van der Waals surface area contributed by atoms with Gasteiger partial charge in [0.25, 0.3) is 5.91 Å². The number of amides is 2. The highest BCUT2D eigenvalue weighted by Crippen LogP contribution is 2.38. The van der Waals surface area contributed by atoms with Gasteiger partial charge in [0.05, 0.1) is 11.0 Å². The first-order chi connectivity index (χ1) is 22.7. The van der Waals surface area contributed by atoms with Crippen molar-refractivity contribution < 1.29 is 53.1 Å². The first kappa shape index (κ1) is 35.8. The molecular weight excluding hydrogens is 628 g/mol. The molecule has 5 N–H and O–H groups in total. The Labute approximate surface area is 276 Å². The van der Waals surface area contributed by atoms with E-state index in [9.17, 15) is 29.7 Å². The van der Waals surface area contributed by atoms with Crippen molar-refractivity contribution in [2.24, 2.45) is 0 Å². The molecule has 1 aliphatic heterocycles.